The van der Waals surface area contributed by atoms with Gasteiger partial charge in [-0.2, -0.15) is 0 Å². The van der Waals surface area contributed by atoms with Crippen LogP contribution in [-0.4, -0.2) is 34.2 Å². The molecule has 0 aromatic rings. The van der Waals surface area contributed by atoms with Crippen molar-refractivity contribution in [1.82, 2.24) is 9.67 Å². The number of nitrogens with one attached hydrogen (secondary N) is 2. The number of rotatable bonds is 5. The van der Waals surface area contributed by atoms with Gasteiger partial charge in [-0.05, 0) is 36.9 Å². The molecule has 0 saturated carbocycles. The van der Waals surface area contributed by atoms with E-state index in [1.165, 1.54) is 6.92 Å². The Hall–Kier alpha value is -0.560. The lowest BCUT2D eigenvalue weighted by Crippen LogP contribution is -2.29. The summed E-state index contributed by atoms with van der Waals surface area (Å²) in [5, 5.41) is 16.3. The van der Waals surface area contributed by atoms with Crippen molar-refractivity contribution in [2.45, 2.75) is 32.4 Å². The normalized spacial score (nSPS) is 13.3. The van der Waals surface area contributed by atoms with Gasteiger partial charge in [-0.25, -0.2) is 9.67 Å². The van der Waals surface area contributed by atoms with E-state index in [0.717, 1.165) is 0 Å². The molecule has 4 N–H and O–H groups in total. The van der Waals surface area contributed by atoms with Crippen LogP contribution in [0.3, 0.4) is 0 Å². The molecule has 0 saturated heterocycles. The first-order valence-corrected chi connectivity index (χ1v) is 4.84. The molecule has 0 rings (SSSR count). The highest BCUT2D eigenvalue weighted by atomic mass is 35.5. The van der Waals surface area contributed by atoms with Gasteiger partial charge >= 0.3 is 11.9 Å². The molecule has 6 nitrogen and oxygen atoms in total. The van der Waals surface area contributed by atoms with Crippen molar-refractivity contribution < 1.29 is 19.8 Å². The molecule has 0 fully saturated rings. The summed E-state index contributed by atoms with van der Waals surface area (Å²) < 4.78 is 0. The number of aliphatic carboxylic acids is 2. The minimum absolute atomic E-state index is 0.499. The fourth-order valence-corrected chi connectivity index (χ4v) is 0.686. The van der Waals surface area contributed by atoms with Crippen LogP contribution < -0.4 is 9.67 Å². The van der Waals surface area contributed by atoms with Crippen molar-refractivity contribution in [2.24, 2.45) is 0 Å². The molecular weight excluding hydrogens is 247 g/mol. The van der Waals surface area contributed by atoms with Gasteiger partial charge in [0.15, 0.2) is 0 Å². The van der Waals surface area contributed by atoms with Crippen LogP contribution in [0.25, 0.3) is 0 Å². The first-order valence-electron chi connectivity index (χ1n) is 4.08. The highest BCUT2D eigenvalue weighted by Crippen LogP contribution is 1.90. The van der Waals surface area contributed by atoms with Crippen LogP contribution >= 0.6 is 23.6 Å². The Morgan fingerprint density at radius 1 is 1.20 bits per heavy atom. The molecule has 15 heavy (non-hydrogen) atoms. The molecule has 0 aliphatic carbocycles. The standard InChI is InChI=1S/C4H8ClNO2.C3H6ClNO2/c1-2-3(6-5)4(7)8;1-2(5-4)3(6)7/h3,6H,2H2,1H3,(H,7,8);2,5H,1H3,(H,6,7)/t;2-/m.0/s1. The van der Waals surface area contributed by atoms with Crippen LogP contribution in [-0.2, 0) is 9.59 Å². The van der Waals surface area contributed by atoms with E-state index in [4.69, 9.17) is 33.8 Å². The first-order chi connectivity index (χ1) is 6.90. The van der Waals surface area contributed by atoms with Gasteiger partial charge in [0, 0.05) is 0 Å². The van der Waals surface area contributed by atoms with Crippen molar-refractivity contribution in [3.05, 3.63) is 0 Å². The number of halogens is 2. The number of carboxylic acids is 2. The monoisotopic (exact) mass is 260 g/mol. The Balaban J connectivity index is 0. The molecule has 0 aromatic heterocycles. The second-order valence-corrected chi connectivity index (χ2v) is 3.01. The molecule has 0 bridgehead atoms. The molecule has 0 heterocycles. The lowest BCUT2D eigenvalue weighted by Gasteiger charge is -2.02. The van der Waals surface area contributed by atoms with Gasteiger partial charge in [-0.3, -0.25) is 9.59 Å². The SMILES string of the molecule is CCC(NCl)C(=O)O.C[C@H](NCl)C(=O)O. The highest BCUT2D eigenvalue weighted by molar-refractivity contribution is 6.15. The molecule has 0 aliphatic rings. The zero-order valence-electron chi connectivity index (χ0n) is 8.33. The van der Waals surface area contributed by atoms with E-state index in [1.54, 1.807) is 6.92 Å². The zero-order chi connectivity index (χ0) is 12.4. The van der Waals surface area contributed by atoms with E-state index in [9.17, 15) is 9.59 Å². The van der Waals surface area contributed by atoms with Gasteiger partial charge < -0.3 is 10.2 Å². The third-order valence-electron chi connectivity index (χ3n) is 1.37. The topological polar surface area (TPSA) is 98.7 Å². The third-order valence-corrected chi connectivity index (χ3v) is 1.96. The third kappa shape index (κ3) is 9.74. The molecule has 90 valence electrons. The van der Waals surface area contributed by atoms with Crippen molar-refractivity contribution in [2.75, 3.05) is 0 Å². The molecule has 0 aliphatic heterocycles. The fraction of sp³-hybridized carbons (Fsp3) is 0.714. The van der Waals surface area contributed by atoms with E-state index in [-0.39, 0.29) is 0 Å². The smallest absolute Gasteiger partial charge is 0.321 e. The average Bonchev–Trinajstić information content (AvgIpc) is 2.18. The van der Waals surface area contributed by atoms with Crippen LogP contribution in [0.1, 0.15) is 20.3 Å². The first kappa shape index (κ1) is 16.9. The van der Waals surface area contributed by atoms with Gasteiger partial charge in [0.05, 0.1) is 0 Å². The summed E-state index contributed by atoms with van der Waals surface area (Å²) in [5.74, 6) is -1.86. The Labute approximate surface area is 97.8 Å². The van der Waals surface area contributed by atoms with Gasteiger partial charge in [-0.1, -0.05) is 6.92 Å². The maximum absolute atomic E-state index is 10.0. The largest absolute Gasteiger partial charge is 0.480 e. The Morgan fingerprint density at radius 3 is 1.67 bits per heavy atom. The minimum atomic E-state index is -0.949. The Morgan fingerprint density at radius 2 is 1.67 bits per heavy atom. The average molecular weight is 261 g/mol. The molecule has 0 amide bonds. The minimum Gasteiger partial charge on any atom is -0.480 e. The maximum atomic E-state index is 10.0. The van der Waals surface area contributed by atoms with Crippen LogP contribution in [0.5, 0.6) is 0 Å². The molecule has 0 aromatic carbocycles. The highest BCUT2D eigenvalue weighted by Gasteiger charge is 2.11. The Bertz CT molecular complexity index is 199. The summed E-state index contributed by atoms with van der Waals surface area (Å²) in [5.41, 5.74) is 0. The summed E-state index contributed by atoms with van der Waals surface area (Å²) >= 11 is 9.95. The van der Waals surface area contributed by atoms with E-state index in [1.807, 2.05) is 4.84 Å². The summed E-state index contributed by atoms with van der Waals surface area (Å²) in [4.78, 5) is 24.0. The quantitative estimate of drug-likeness (QED) is 0.546. The molecule has 8 heteroatoms. The summed E-state index contributed by atoms with van der Waals surface area (Å²) in [7, 11) is 0. The van der Waals surface area contributed by atoms with Crippen molar-refractivity contribution in [3.8, 4) is 0 Å². The van der Waals surface area contributed by atoms with Crippen molar-refractivity contribution in [3.63, 3.8) is 0 Å². The number of carboxylic acid groups (broad SMARTS) is 2. The number of hydrogen-bond acceptors (Lipinski definition) is 4. The van der Waals surface area contributed by atoms with Gasteiger partial charge in [0.1, 0.15) is 12.1 Å². The maximum Gasteiger partial charge on any atom is 0.321 e. The summed E-state index contributed by atoms with van der Waals surface area (Å²) in [6.07, 6.45) is 0.499. The fourth-order valence-electron chi connectivity index (χ4n) is 0.345. The summed E-state index contributed by atoms with van der Waals surface area (Å²) in [6, 6.07) is -1.28. The molecule has 0 spiro atoms. The zero-order valence-corrected chi connectivity index (χ0v) is 9.84. The van der Waals surface area contributed by atoms with Crippen LogP contribution in [0.4, 0.5) is 0 Å². The molecule has 2 atom stereocenters. The van der Waals surface area contributed by atoms with E-state index in [0.29, 0.717) is 6.42 Å². The van der Waals surface area contributed by atoms with E-state index >= 15 is 0 Å². The lowest BCUT2D eigenvalue weighted by molar-refractivity contribution is -0.139. The van der Waals surface area contributed by atoms with Gasteiger partial charge in [0.2, 0.25) is 0 Å². The van der Waals surface area contributed by atoms with Crippen LogP contribution in [0.15, 0.2) is 0 Å². The predicted molar refractivity (Wildman–Crippen MR) is 56.8 cm³/mol. The number of carbonyl (C=O) groups is 2. The number of hydrogen-bond donors (Lipinski definition) is 4. The summed E-state index contributed by atoms with van der Waals surface area (Å²) in [6.45, 7) is 3.20. The lowest BCUT2D eigenvalue weighted by atomic mass is 10.2. The van der Waals surface area contributed by atoms with E-state index in [2.05, 4.69) is 4.84 Å². The van der Waals surface area contributed by atoms with Gasteiger partial charge in [0.25, 0.3) is 0 Å². The molecule has 0 radical (unpaired) electrons. The van der Waals surface area contributed by atoms with Crippen LogP contribution in [0.2, 0.25) is 0 Å². The Kier molecular flexibility index (Phi) is 11.2. The molecule has 1 unspecified atom stereocenters. The van der Waals surface area contributed by atoms with Crippen molar-refractivity contribution in [1.29, 1.82) is 0 Å². The second-order valence-electron chi connectivity index (χ2n) is 2.58. The van der Waals surface area contributed by atoms with Gasteiger partial charge in [-0.15, -0.1) is 0 Å². The van der Waals surface area contributed by atoms with Crippen molar-refractivity contribution >= 4 is 35.5 Å². The predicted octanol–water partition coefficient (Wildman–Crippen LogP) is 0.796. The second kappa shape index (κ2) is 9.97. The van der Waals surface area contributed by atoms with Crippen LogP contribution in [0, 0.1) is 0 Å². The van der Waals surface area contributed by atoms with E-state index < -0.39 is 24.0 Å². The molecular formula is C7H14Cl2N2O4.